The van der Waals surface area contributed by atoms with E-state index in [2.05, 4.69) is 6.92 Å². The molecule has 0 aromatic heterocycles. The number of hydrogen-bond donors (Lipinski definition) is 22. The van der Waals surface area contributed by atoms with Crippen molar-refractivity contribution in [2.75, 3.05) is 33.0 Å². The largest absolute Gasteiger partial charge is 0.396 e. The summed E-state index contributed by atoms with van der Waals surface area (Å²) in [4.78, 5) is 0. The van der Waals surface area contributed by atoms with E-state index in [1.807, 2.05) is 13.8 Å². The van der Waals surface area contributed by atoms with Gasteiger partial charge in [-0.25, -0.2) is 0 Å². The van der Waals surface area contributed by atoms with Crippen LogP contribution in [0.2, 0.25) is 0 Å². The van der Waals surface area contributed by atoms with Crippen LogP contribution in [0.3, 0.4) is 0 Å². The molecule has 0 aliphatic rings. The van der Waals surface area contributed by atoms with Crippen molar-refractivity contribution in [3.05, 3.63) is 0 Å². The SMILES string of the molecule is CC(C)(O)C(C)(C)O.CC(C)(O)CC(C)(C)O.CC(C)(O)CCC(C)(C)O.CC(CO)C(C)(C)O.CC(O)(CO)CO.CC(O)C(C)(O)CO.CC(O)CC(C)(C)O.CCC(O)C(C)(C)O.CCCC(C)(O)CC(C)(C)O.CCCCC(C)(O)CCO. The zero-order valence-corrected chi connectivity index (χ0v) is 61.2. The summed E-state index contributed by atoms with van der Waals surface area (Å²) in [5.74, 6) is -0.0394. The van der Waals surface area contributed by atoms with Gasteiger partial charge in [0.2, 0.25) is 0 Å². The number of rotatable bonds is 25. The van der Waals surface area contributed by atoms with Crippen LogP contribution in [0.25, 0.3) is 0 Å². The Bertz CT molecular complexity index is 1430. The molecule has 0 saturated carbocycles. The maximum atomic E-state index is 9.69. The van der Waals surface area contributed by atoms with Gasteiger partial charge in [-0.3, -0.25) is 0 Å². The first-order valence-electron chi connectivity index (χ1n) is 30.8. The van der Waals surface area contributed by atoms with Gasteiger partial charge in [-0.2, -0.15) is 0 Å². The van der Waals surface area contributed by atoms with E-state index in [0.717, 1.165) is 32.1 Å². The lowest BCUT2D eigenvalue weighted by Crippen LogP contribution is -2.44. The molecule has 0 aliphatic carbocycles. The molecule has 0 rings (SSSR count). The third-order valence-electron chi connectivity index (χ3n) is 12.4. The van der Waals surface area contributed by atoms with E-state index in [4.69, 9.17) is 76.6 Å². The Morgan fingerprint density at radius 2 is 0.667 bits per heavy atom. The topological polar surface area (TPSA) is 445 Å². The molecule has 22 nitrogen and oxygen atoms in total. The van der Waals surface area contributed by atoms with Gasteiger partial charge in [-0.1, -0.05) is 47.0 Å². The molecule has 22 heteroatoms. The van der Waals surface area contributed by atoms with Gasteiger partial charge in [-0.15, -0.1) is 0 Å². The normalized spacial score (nSPS) is 16.0. The van der Waals surface area contributed by atoms with Crippen molar-refractivity contribution in [3.8, 4) is 0 Å². The second-order valence-corrected chi connectivity index (χ2v) is 30.5. The van der Waals surface area contributed by atoms with Crippen molar-refractivity contribution in [1.82, 2.24) is 0 Å². The second kappa shape index (κ2) is 47.9. The van der Waals surface area contributed by atoms with Crippen LogP contribution in [0.15, 0.2) is 0 Å². The van der Waals surface area contributed by atoms with Crippen molar-refractivity contribution in [1.29, 1.82) is 0 Å². The molecule has 0 saturated heterocycles. The zero-order chi connectivity index (χ0) is 73.3. The quantitative estimate of drug-likeness (QED) is 0.0569. The Morgan fingerprint density at radius 3 is 0.759 bits per heavy atom. The molecule has 0 spiro atoms. The Labute approximate surface area is 531 Å². The van der Waals surface area contributed by atoms with Gasteiger partial charge in [-0.05, 0) is 219 Å². The maximum absolute atomic E-state index is 9.69. The minimum atomic E-state index is -1.35. The van der Waals surface area contributed by atoms with Gasteiger partial charge in [0.05, 0.1) is 105 Å². The molecule has 0 aromatic rings. The fourth-order valence-corrected chi connectivity index (χ4v) is 5.78. The number of aliphatic hydroxyl groups excluding tert-OH is 8. The van der Waals surface area contributed by atoms with E-state index >= 15 is 0 Å². The summed E-state index contributed by atoms with van der Waals surface area (Å²) in [6.07, 6.45) is 6.38. The van der Waals surface area contributed by atoms with Crippen molar-refractivity contribution in [3.63, 3.8) is 0 Å². The van der Waals surface area contributed by atoms with E-state index in [0.29, 0.717) is 44.9 Å². The lowest BCUT2D eigenvalue weighted by atomic mass is 9.88. The van der Waals surface area contributed by atoms with Crippen LogP contribution in [-0.2, 0) is 0 Å². The Morgan fingerprint density at radius 1 is 0.333 bits per heavy atom. The lowest BCUT2D eigenvalue weighted by Gasteiger charge is -2.31. The molecule has 0 aliphatic heterocycles. The predicted octanol–water partition coefficient (Wildman–Crippen LogP) is 5.04. The van der Waals surface area contributed by atoms with Gasteiger partial charge < -0.3 is 112 Å². The average Bonchev–Trinajstić information content (AvgIpc) is 3.24. The molecule has 0 aromatic carbocycles. The molecule has 0 amide bonds. The van der Waals surface area contributed by atoms with Crippen LogP contribution in [0, 0.1) is 5.92 Å². The van der Waals surface area contributed by atoms with Gasteiger partial charge in [0, 0.05) is 38.4 Å². The first-order chi connectivity index (χ1) is 37.6. The summed E-state index contributed by atoms with van der Waals surface area (Å²) >= 11 is 0. The van der Waals surface area contributed by atoms with Gasteiger partial charge in [0.1, 0.15) is 11.2 Å². The summed E-state index contributed by atoms with van der Waals surface area (Å²) in [6, 6.07) is 0. The molecule has 87 heavy (non-hydrogen) atoms. The second-order valence-electron chi connectivity index (χ2n) is 30.5. The number of aliphatic hydroxyl groups is 22. The standard InChI is InChI=1S/C9H20O2.2C8H18O2.C7H16O2.4C6H14O2.C5H12O3.C4H10O3/c1-5-6-9(4,11)7-8(2,3)10;1-7(2,9)5-6-8(3,4)10;1-3-4-5-8(2,10)6-7-9;1-6(2,8)5-7(3,4)9;1-5(4-7)6(2,3)8;1-5(7)4-6(2,3)8;1-5(2,7)6(3,4)8;1-4-5(7)6(2,3)8;1-4(7)5(2,8)3-6;1-4(7,2-5)3-6/h10-11H,5-7H2,1-4H3;9-10H,5-6H2,1-4H3;9-10H,3-7H2,1-2H3;8-9H,5H2,1-4H3;2*5,7-8H,4H2,1-3H3;7-8H,1-4H3;5,7-8H,4H2,1-3H3;4,6-8H,3H2,1-2H3;5-7H,2-3H2,1H3. The Hall–Kier alpha value is -0.880. The summed E-state index contributed by atoms with van der Waals surface area (Å²) < 4.78 is 0. The fourth-order valence-electron chi connectivity index (χ4n) is 5.78. The zero-order valence-electron chi connectivity index (χ0n) is 61.2. The summed E-state index contributed by atoms with van der Waals surface area (Å²) in [5, 5.41) is 197. The molecule has 542 valence electrons. The third kappa shape index (κ3) is 101. The molecule has 0 fully saturated rings. The van der Waals surface area contributed by atoms with Gasteiger partial charge >= 0.3 is 0 Å². The summed E-state index contributed by atoms with van der Waals surface area (Å²) in [5.41, 5.74) is -12.0. The highest BCUT2D eigenvalue weighted by Gasteiger charge is 2.32. The Kier molecular flexibility index (Phi) is 59.3. The lowest BCUT2D eigenvalue weighted by molar-refractivity contribution is -0.107. The van der Waals surface area contributed by atoms with Crippen molar-refractivity contribution in [2.24, 2.45) is 5.92 Å². The molecule has 0 heterocycles. The van der Waals surface area contributed by atoms with Crippen LogP contribution < -0.4 is 0 Å². The van der Waals surface area contributed by atoms with E-state index in [1.165, 1.54) is 20.8 Å². The highest BCUT2D eigenvalue weighted by atomic mass is 16.4. The van der Waals surface area contributed by atoms with E-state index < -0.39 is 117 Å². The smallest absolute Gasteiger partial charge is 0.110 e. The monoisotopic (exact) mass is 1280 g/mol. The van der Waals surface area contributed by atoms with Crippen LogP contribution in [0.5, 0.6) is 0 Å². The van der Waals surface area contributed by atoms with E-state index in [-0.39, 0.29) is 19.1 Å². The van der Waals surface area contributed by atoms with Crippen LogP contribution >= 0.6 is 0 Å². The van der Waals surface area contributed by atoms with Crippen LogP contribution in [0.4, 0.5) is 0 Å². The van der Waals surface area contributed by atoms with Gasteiger partial charge in [0.15, 0.2) is 0 Å². The molecular formula is C65H150O22. The summed E-state index contributed by atoms with van der Waals surface area (Å²) in [7, 11) is 0. The number of hydrogen-bond acceptors (Lipinski definition) is 22. The minimum Gasteiger partial charge on any atom is -0.396 e. The van der Waals surface area contributed by atoms with Crippen LogP contribution in [-0.4, -0.2) is 242 Å². The first kappa shape index (κ1) is 108. The molecule has 7 unspecified atom stereocenters. The summed E-state index contributed by atoms with van der Waals surface area (Å²) in [6.45, 7) is 49.5. The maximum Gasteiger partial charge on any atom is 0.110 e. The molecule has 22 N–H and O–H groups in total. The van der Waals surface area contributed by atoms with Crippen molar-refractivity contribution in [2.45, 2.75) is 381 Å². The van der Waals surface area contributed by atoms with E-state index in [9.17, 15) is 35.7 Å². The average molecular weight is 1280 g/mol. The third-order valence-corrected chi connectivity index (χ3v) is 12.4. The highest BCUT2D eigenvalue weighted by molar-refractivity contribution is 4.85. The molecule has 0 bridgehead atoms. The predicted molar refractivity (Wildman–Crippen MR) is 352 cm³/mol. The molecular weight excluding hydrogens is 1130 g/mol. The molecule has 7 atom stereocenters. The van der Waals surface area contributed by atoms with Crippen LogP contribution in [0.1, 0.15) is 285 Å². The number of unbranched alkanes of at least 4 members (excludes halogenated alkanes) is 1. The minimum absolute atomic E-state index is 0.0394. The highest BCUT2D eigenvalue weighted by Crippen LogP contribution is 2.25. The van der Waals surface area contributed by atoms with E-state index in [1.54, 1.807) is 166 Å². The first-order valence-corrected chi connectivity index (χ1v) is 30.8. The molecule has 0 radical (unpaired) electrons. The van der Waals surface area contributed by atoms with Crippen molar-refractivity contribution >= 4 is 0 Å². The fraction of sp³-hybridized carbons (Fsp3) is 1.00. The van der Waals surface area contributed by atoms with Gasteiger partial charge in [0.25, 0.3) is 0 Å². The Balaban J connectivity index is -0.0000000949. The van der Waals surface area contributed by atoms with Crippen molar-refractivity contribution < 1.29 is 112 Å².